The standard InChI is InChI=1S/C17H20O6S2/c1-11(18)24-9-14(10-25-12(2)19)17(22)23-15(16(20)21)8-13-6-4-3-5-7-13/h3-7,14-15H,8-10H2,1-2H3,(H,20,21)/t15-/m0/s1. The quantitative estimate of drug-likeness (QED) is 0.648. The molecular weight excluding hydrogens is 364 g/mol. The molecule has 0 aliphatic heterocycles. The number of rotatable bonds is 9. The lowest BCUT2D eigenvalue weighted by Gasteiger charge is -2.18. The highest BCUT2D eigenvalue weighted by Crippen LogP contribution is 2.19. The molecule has 0 amide bonds. The molecule has 0 unspecified atom stereocenters. The summed E-state index contributed by atoms with van der Waals surface area (Å²) in [6, 6.07) is 8.84. The van der Waals surface area contributed by atoms with E-state index in [1.165, 1.54) is 13.8 Å². The number of aliphatic carboxylic acids is 1. The van der Waals surface area contributed by atoms with Gasteiger partial charge in [0.05, 0.1) is 5.92 Å². The Morgan fingerprint density at radius 2 is 1.52 bits per heavy atom. The van der Waals surface area contributed by atoms with E-state index in [-0.39, 0.29) is 28.2 Å². The summed E-state index contributed by atoms with van der Waals surface area (Å²) in [5.74, 6) is -2.40. The number of esters is 1. The van der Waals surface area contributed by atoms with Gasteiger partial charge in [-0.2, -0.15) is 0 Å². The lowest BCUT2D eigenvalue weighted by Crippen LogP contribution is -2.34. The third-order valence-electron chi connectivity index (χ3n) is 3.11. The third-order valence-corrected chi connectivity index (χ3v) is 5.06. The molecule has 0 spiro atoms. The van der Waals surface area contributed by atoms with Crippen molar-refractivity contribution in [2.45, 2.75) is 26.4 Å². The van der Waals surface area contributed by atoms with Gasteiger partial charge >= 0.3 is 11.9 Å². The second-order valence-corrected chi connectivity index (χ2v) is 7.65. The molecule has 0 radical (unpaired) electrons. The summed E-state index contributed by atoms with van der Waals surface area (Å²) in [7, 11) is 0. The minimum atomic E-state index is -1.32. The summed E-state index contributed by atoms with van der Waals surface area (Å²) in [5.41, 5.74) is 0.732. The van der Waals surface area contributed by atoms with Gasteiger partial charge in [0.1, 0.15) is 0 Å². The predicted molar refractivity (Wildman–Crippen MR) is 97.4 cm³/mol. The maximum absolute atomic E-state index is 12.3. The minimum absolute atomic E-state index is 0.0499. The fourth-order valence-corrected chi connectivity index (χ4v) is 3.39. The minimum Gasteiger partial charge on any atom is -0.478 e. The van der Waals surface area contributed by atoms with Crippen LogP contribution in [0.5, 0.6) is 0 Å². The largest absolute Gasteiger partial charge is 0.478 e. The lowest BCUT2D eigenvalue weighted by atomic mass is 10.1. The number of ether oxygens (including phenoxy) is 1. The topological polar surface area (TPSA) is 97.7 Å². The molecule has 0 bridgehead atoms. The van der Waals surface area contributed by atoms with Gasteiger partial charge in [0.25, 0.3) is 0 Å². The Balaban J connectivity index is 2.76. The maximum Gasteiger partial charge on any atom is 0.345 e. The lowest BCUT2D eigenvalue weighted by molar-refractivity contribution is -0.165. The van der Waals surface area contributed by atoms with E-state index >= 15 is 0 Å². The van der Waals surface area contributed by atoms with Gasteiger partial charge in [-0.15, -0.1) is 0 Å². The van der Waals surface area contributed by atoms with Crippen LogP contribution >= 0.6 is 23.5 Å². The van der Waals surface area contributed by atoms with Gasteiger partial charge in [0, 0.05) is 31.8 Å². The Morgan fingerprint density at radius 1 is 1.00 bits per heavy atom. The number of carboxylic acid groups (broad SMARTS) is 1. The van der Waals surface area contributed by atoms with E-state index in [4.69, 9.17) is 4.74 Å². The number of carbonyl (C=O) groups is 4. The number of hydrogen-bond donors (Lipinski definition) is 1. The van der Waals surface area contributed by atoms with E-state index in [2.05, 4.69) is 0 Å². The van der Waals surface area contributed by atoms with Crippen molar-refractivity contribution in [1.29, 1.82) is 0 Å². The second kappa shape index (κ2) is 10.9. The van der Waals surface area contributed by atoms with Crippen LogP contribution in [0.15, 0.2) is 30.3 Å². The number of carboxylic acids is 1. The van der Waals surface area contributed by atoms with Gasteiger partial charge in [0.15, 0.2) is 10.2 Å². The molecular formula is C17H20O6S2. The van der Waals surface area contributed by atoms with Crippen LogP contribution < -0.4 is 0 Å². The first-order valence-corrected chi connectivity index (χ1v) is 9.50. The van der Waals surface area contributed by atoms with Crippen molar-refractivity contribution in [3.63, 3.8) is 0 Å². The van der Waals surface area contributed by atoms with Crippen molar-refractivity contribution in [3.8, 4) is 0 Å². The van der Waals surface area contributed by atoms with Gasteiger partial charge in [-0.25, -0.2) is 4.79 Å². The van der Waals surface area contributed by atoms with Crippen molar-refractivity contribution in [3.05, 3.63) is 35.9 Å². The molecule has 1 N–H and O–H groups in total. The molecule has 0 aromatic heterocycles. The molecule has 136 valence electrons. The average molecular weight is 384 g/mol. The second-order valence-electron chi connectivity index (χ2n) is 5.26. The highest BCUT2D eigenvalue weighted by atomic mass is 32.2. The maximum atomic E-state index is 12.3. The molecule has 1 atom stereocenters. The highest BCUT2D eigenvalue weighted by molar-refractivity contribution is 8.14. The molecule has 1 aromatic rings. The Labute approximate surface area is 154 Å². The molecule has 0 heterocycles. The summed E-state index contributed by atoms with van der Waals surface area (Å²) >= 11 is 1.89. The Bertz CT molecular complexity index is 599. The molecule has 0 saturated heterocycles. The van der Waals surface area contributed by atoms with Crippen LogP contribution in [-0.4, -0.2) is 44.9 Å². The van der Waals surface area contributed by atoms with Gasteiger partial charge in [-0.05, 0) is 5.56 Å². The molecule has 1 rings (SSSR count). The summed E-state index contributed by atoms with van der Waals surface area (Å²) in [6.45, 7) is 2.75. The van der Waals surface area contributed by atoms with E-state index in [9.17, 15) is 24.3 Å². The summed E-state index contributed by atoms with van der Waals surface area (Å²) in [6.07, 6.45) is -1.27. The fourth-order valence-electron chi connectivity index (χ4n) is 1.86. The number of hydrogen-bond acceptors (Lipinski definition) is 7. The summed E-state index contributed by atoms with van der Waals surface area (Å²) < 4.78 is 5.15. The molecule has 0 aliphatic rings. The van der Waals surface area contributed by atoms with Crippen LogP contribution in [-0.2, 0) is 30.3 Å². The molecule has 0 aliphatic carbocycles. The molecule has 6 nitrogen and oxygen atoms in total. The van der Waals surface area contributed by atoms with E-state index < -0.39 is 24.0 Å². The zero-order chi connectivity index (χ0) is 18.8. The SMILES string of the molecule is CC(=O)SCC(CSC(C)=O)C(=O)O[C@@H](Cc1ccccc1)C(=O)O. The highest BCUT2D eigenvalue weighted by Gasteiger charge is 2.28. The normalized spacial score (nSPS) is 11.8. The third kappa shape index (κ3) is 8.74. The fraction of sp³-hybridized carbons (Fsp3) is 0.412. The number of benzene rings is 1. The number of thioether (sulfide) groups is 2. The van der Waals surface area contributed by atoms with E-state index in [1.54, 1.807) is 30.3 Å². The summed E-state index contributed by atoms with van der Waals surface area (Å²) in [4.78, 5) is 46.0. The Hall–Kier alpha value is -1.80. The van der Waals surface area contributed by atoms with E-state index in [0.717, 1.165) is 29.1 Å². The molecule has 8 heteroatoms. The van der Waals surface area contributed by atoms with Gasteiger partial charge < -0.3 is 9.84 Å². The van der Waals surface area contributed by atoms with Crippen molar-refractivity contribution in [1.82, 2.24) is 0 Å². The van der Waals surface area contributed by atoms with Crippen LogP contribution in [0, 0.1) is 5.92 Å². The number of carbonyl (C=O) groups excluding carboxylic acids is 3. The van der Waals surface area contributed by atoms with Crippen molar-refractivity contribution in [2.75, 3.05) is 11.5 Å². The Morgan fingerprint density at radius 3 is 1.96 bits per heavy atom. The molecule has 1 aromatic carbocycles. The predicted octanol–water partition coefficient (Wildman–Crippen LogP) is 2.40. The Kier molecular flexibility index (Phi) is 9.30. The first-order chi connectivity index (χ1) is 11.8. The van der Waals surface area contributed by atoms with Crippen LogP contribution in [0.25, 0.3) is 0 Å². The first kappa shape index (κ1) is 21.2. The van der Waals surface area contributed by atoms with Gasteiger partial charge in [-0.3, -0.25) is 14.4 Å². The summed E-state index contributed by atoms with van der Waals surface area (Å²) in [5, 5.41) is 8.98. The van der Waals surface area contributed by atoms with Gasteiger partial charge in [-0.1, -0.05) is 53.9 Å². The molecule has 0 saturated carbocycles. The van der Waals surface area contributed by atoms with Crippen LogP contribution in [0.3, 0.4) is 0 Å². The van der Waals surface area contributed by atoms with E-state index in [1.807, 2.05) is 0 Å². The van der Waals surface area contributed by atoms with Crippen molar-refractivity contribution >= 4 is 45.7 Å². The smallest absolute Gasteiger partial charge is 0.345 e. The van der Waals surface area contributed by atoms with Crippen LogP contribution in [0.2, 0.25) is 0 Å². The van der Waals surface area contributed by atoms with Crippen molar-refractivity contribution < 1.29 is 29.0 Å². The van der Waals surface area contributed by atoms with E-state index in [0.29, 0.717) is 0 Å². The molecule has 0 fully saturated rings. The zero-order valence-electron chi connectivity index (χ0n) is 14.0. The van der Waals surface area contributed by atoms with Crippen molar-refractivity contribution in [2.24, 2.45) is 5.92 Å². The first-order valence-electron chi connectivity index (χ1n) is 7.53. The monoisotopic (exact) mass is 384 g/mol. The average Bonchev–Trinajstić information content (AvgIpc) is 2.54. The molecule has 25 heavy (non-hydrogen) atoms. The van der Waals surface area contributed by atoms with Crippen LogP contribution in [0.4, 0.5) is 0 Å². The zero-order valence-corrected chi connectivity index (χ0v) is 15.6. The van der Waals surface area contributed by atoms with Crippen LogP contribution in [0.1, 0.15) is 19.4 Å². The van der Waals surface area contributed by atoms with Gasteiger partial charge in [0.2, 0.25) is 6.10 Å².